The number of likely N-dealkylation sites (tertiary alicyclic amines) is 1. The van der Waals surface area contributed by atoms with Gasteiger partial charge in [-0.2, -0.15) is 0 Å². The molecule has 4 atom stereocenters. The van der Waals surface area contributed by atoms with Crippen molar-refractivity contribution in [2.45, 2.75) is 103 Å². The average Bonchev–Trinajstić information content (AvgIpc) is 2.53. The van der Waals surface area contributed by atoms with Gasteiger partial charge in [0.05, 0.1) is 0 Å². The maximum atomic E-state index is 3.87. The van der Waals surface area contributed by atoms with Crippen LogP contribution in [0.5, 0.6) is 0 Å². The predicted molar refractivity (Wildman–Crippen MR) is 92.8 cm³/mol. The summed E-state index contributed by atoms with van der Waals surface area (Å²) in [5.74, 6) is 1.01. The van der Waals surface area contributed by atoms with Gasteiger partial charge in [0.15, 0.2) is 0 Å². The third-order valence-electron chi connectivity index (χ3n) is 5.85. The first-order valence-electron chi connectivity index (χ1n) is 9.80. The Kier molecular flexibility index (Phi) is 7.53. The molecule has 0 aromatic carbocycles. The second kappa shape index (κ2) is 9.15. The van der Waals surface area contributed by atoms with E-state index in [0.717, 1.165) is 18.0 Å². The number of piperidine rings is 1. The van der Waals surface area contributed by atoms with Gasteiger partial charge < -0.3 is 5.32 Å². The first-order valence-corrected chi connectivity index (χ1v) is 9.80. The van der Waals surface area contributed by atoms with Crippen molar-refractivity contribution in [2.75, 3.05) is 13.1 Å². The van der Waals surface area contributed by atoms with E-state index in [2.05, 4.69) is 31.0 Å². The quantitative estimate of drug-likeness (QED) is 0.704. The number of rotatable bonds is 8. The second-order valence-corrected chi connectivity index (χ2v) is 7.32. The van der Waals surface area contributed by atoms with Crippen molar-refractivity contribution in [3.63, 3.8) is 0 Å². The number of nitrogens with one attached hydrogen (secondary N) is 1. The summed E-state index contributed by atoms with van der Waals surface area (Å²) < 4.78 is 0. The molecule has 1 saturated carbocycles. The zero-order chi connectivity index (χ0) is 15.1. The molecule has 0 aromatic heterocycles. The van der Waals surface area contributed by atoms with Crippen LogP contribution in [0, 0.1) is 5.92 Å². The van der Waals surface area contributed by atoms with Gasteiger partial charge >= 0.3 is 0 Å². The van der Waals surface area contributed by atoms with Crippen LogP contribution in [0.2, 0.25) is 0 Å². The number of fused-ring (bicyclic) bond motifs is 1. The van der Waals surface area contributed by atoms with Crippen molar-refractivity contribution < 1.29 is 0 Å². The van der Waals surface area contributed by atoms with Crippen molar-refractivity contribution in [3.8, 4) is 0 Å². The highest BCUT2D eigenvalue weighted by Gasteiger charge is 2.38. The summed E-state index contributed by atoms with van der Waals surface area (Å²) in [7, 11) is 0. The molecule has 1 saturated heterocycles. The maximum Gasteiger partial charge on any atom is 0.0249 e. The van der Waals surface area contributed by atoms with Crippen LogP contribution in [0.3, 0.4) is 0 Å². The van der Waals surface area contributed by atoms with E-state index in [-0.39, 0.29) is 0 Å². The number of nitrogens with zero attached hydrogens (tertiary/aromatic N) is 1. The molecule has 124 valence electrons. The lowest BCUT2D eigenvalue weighted by atomic mass is 9.77. The lowest BCUT2D eigenvalue weighted by Crippen LogP contribution is -2.57. The van der Waals surface area contributed by atoms with Gasteiger partial charge in [0.1, 0.15) is 0 Å². The molecule has 0 aromatic rings. The van der Waals surface area contributed by atoms with E-state index in [1.165, 1.54) is 77.3 Å². The molecule has 2 heteroatoms. The average molecular weight is 295 g/mol. The summed E-state index contributed by atoms with van der Waals surface area (Å²) >= 11 is 0. The first kappa shape index (κ1) is 17.3. The van der Waals surface area contributed by atoms with Gasteiger partial charge in [-0.25, -0.2) is 0 Å². The molecule has 1 aliphatic carbocycles. The fraction of sp³-hybridized carbons (Fsp3) is 1.00. The second-order valence-electron chi connectivity index (χ2n) is 7.32. The zero-order valence-electron chi connectivity index (χ0n) is 14.7. The SMILES string of the molecule is CCCNC(CCC)C(CC)N1CCCC2CCCCC21. The van der Waals surface area contributed by atoms with Crippen molar-refractivity contribution in [2.24, 2.45) is 5.92 Å². The van der Waals surface area contributed by atoms with E-state index in [1.54, 1.807) is 0 Å². The largest absolute Gasteiger partial charge is 0.312 e. The van der Waals surface area contributed by atoms with E-state index in [4.69, 9.17) is 0 Å². The minimum absolute atomic E-state index is 0.709. The fourth-order valence-corrected chi connectivity index (χ4v) is 4.90. The molecular formula is C19H38N2. The van der Waals surface area contributed by atoms with E-state index < -0.39 is 0 Å². The minimum Gasteiger partial charge on any atom is -0.312 e. The Morgan fingerprint density at radius 2 is 1.76 bits per heavy atom. The summed E-state index contributed by atoms with van der Waals surface area (Å²) in [5, 5.41) is 3.87. The molecule has 1 N–H and O–H groups in total. The number of hydrogen-bond acceptors (Lipinski definition) is 2. The molecule has 2 aliphatic rings. The molecule has 4 unspecified atom stereocenters. The molecule has 0 bridgehead atoms. The van der Waals surface area contributed by atoms with Gasteiger partial charge in [-0.1, -0.05) is 40.0 Å². The third-order valence-corrected chi connectivity index (χ3v) is 5.85. The summed E-state index contributed by atoms with van der Waals surface area (Å²) in [6.07, 6.45) is 14.1. The Bertz CT molecular complexity index is 277. The normalized spacial score (nSPS) is 29.9. The van der Waals surface area contributed by atoms with E-state index in [9.17, 15) is 0 Å². The standard InChI is InChI=1S/C19H38N2/c1-4-10-17(20-14-5-2)18(6-3)21-15-9-12-16-11-7-8-13-19(16)21/h16-20H,4-15H2,1-3H3. The Balaban J connectivity index is 2.05. The van der Waals surface area contributed by atoms with Crippen LogP contribution in [0.1, 0.15) is 85.0 Å². The Hall–Kier alpha value is -0.0800. The molecule has 0 spiro atoms. The van der Waals surface area contributed by atoms with Crippen molar-refractivity contribution >= 4 is 0 Å². The van der Waals surface area contributed by atoms with Gasteiger partial charge in [-0.05, 0) is 64.0 Å². The fourth-order valence-electron chi connectivity index (χ4n) is 4.90. The Morgan fingerprint density at radius 1 is 1.00 bits per heavy atom. The van der Waals surface area contributed by atoms with Crippen LogP contribution >= 0.6 is 0 Å². The van der Waals surface area contributed by atoms with Gasteiger partial charge in [0.25, 0.3) is 0 Å². The van der Waals surface area contributed by atoms with Crippen LogP contribution in [0.4, 0.5) is 0 Å². The van der Waals surface area contributed by atoms with Crippen LogP contribution in [-0.4, -0.2) is 36.1 Å². The molecule has 1 heterocycles. The molecule has 2 rings (SSSR count). The highest BCUT2D eigenvalue weighted by molar-refractivity contribution is 4.94. The molecule has 0 amide bonds. The molecule has 21 heavy (non-hydrogen) atoms. The number of hydrogen-bond donors (Lipinski definition) is 1. The van der Waals surface area contributed by atoms with Crippen LogP contribution < -0.4 is 5.32 Å². The van der Waals surface area contributed by atoms with Crippen molar-refractivity contribution in [1.82, 2.24) is 10.2 Å². The van der Waals surface area contributed by atoms with Crippen molar-refractivity contribution in [3.05, 3.63) is 0 Å². The van der Waals surface area contributed by atoms with Crippen LogP contribution in [0.25, 0.3) is 0 Å². The summed E-state index contributed by atoms with van der Waals surface area (Å²) in [6, 6.07) is 2.38. The molecule has 2 fully saturated rings. The Morgan fingerprint density at radius 3 is 2.48 bits per heavy atom. The lowest BCUT2D eigenvalue weighted by Gasteiger charge is -2.49. The molecular weight excluding hydrogens is 256 g/mol. The smallest absolute Gasteiger partial charge is 0.0249 e. The van der Waals surface area contributed by atoms with E-state index in [0.29, 0.717) is 6.04 Å². The van der Waals surface area contributed by atoms with Gasteiger partial charge in [-0.3, -0.25) is 4.90 Å². The van der Waals surface area contributed by atoms with E-state index in [1.807, 2.05) is 0 Å². The predicted octanol–water partition coefficient (Wildman–Crippen LogP) is 4.59. The summed E-state index contributed by atoms with van der Waals surface area (Å²) in [4.78, 5) is 2.94. The van der Waals surface area contributed by atoms with Gasteiger partial charge in [0.2, 0.25) is 0 Å². The highest BCUT2D eigenvalue weighted by atomic mass is 15.2. The Labute approximate surface area is 133 Å². The molecule has 2 nitrogen and oxygen atoms in total. The van der Waals surface area contributed by atoms with Crippen LogP contribution in [-0.2, 0) is 0 Å². The lowest BCUT2D eigenvalue weighted by molar-refractivity contribution is 0.00952. The minimum atomic E-state index is 0.709. The zero-order valence-corrected chi connectivity index (χ0v) is 14.7. The van der Waals surface area contributed by atoms with Gasteiger partial charge in [-0.15, -0.1) is 0 Å². The van der Waals surface area contributed by atoms with Crippen molar-refractivity contribution in [1.29, 1.82) is 0 Å². The summed E-state index contributed by atoms with van der Waals surface area (Å²) in [5.41, 5.74) is 0. The maximum absolute atomic E-state index is 3.87. The highest BCUT2D eigenvalue weighted by Crippen LogP contribution is 2.37. The monoisotopic (exact) mass is 294 g/mol. The summed E-state index contributed by atoms with van der Waals surface area (Å²) in [6.45, 7) is 9.58. The first-order chi connectivity index (χ1) is 10.3. The molecule has 1 aliphatic heterocycles. The molecule has 0 radical (unpaired) electrons. The topological polar surface area (TPSA) is 15.3 Å². The van der Waals surface area contributed by atoms with E-state index >= 15 is 0 Å². The third kappa shape index (κ3) is 4.45. The van der Waals surface area contributed by atoms with Gasteiger partial charge in [0, 0.05) is 18.1 Å². The van der Waals surface area contributed by atoms with Crippen LogP contribution in [0.15, 0.2) is 0 Å².